The molecule has 0 unspecified atom stereocenters. The van der Waals surface area contributed by atoms with Crippen molar-refractivity contribution in [1.82, 2.24) is 0 Å². The number of hydrogen-bond donors (Lipinski definition) is 0. The maximum atomic E-state index is 13.9. The largest absolute Gasteiger partial charge is 0.463 e. The van der Waals surface area contributed by atoms with E-state index in [0.29, 0.717) is 11.1 Å². The molecule has 0 bridgehead atoms. The molecule has 3 rings (SSSR count). The van der Waals surface area contributed by atoms with E-state index in [-0.39, 0.29) is 23.0 Å². The molecule has 172 valence electrons. The predicted molar refractivity (Wildman–Crippen MR) is 123 cm³/mol. The minimum absolute atomic E-state index is 0.0226. The van der Waals surface area contributed by atoms with Crippen LogP contribution >= 0.6 is 0 Å². The highest BCUT2D eigenvalue weighted by atomic mass is 19.4. The molecule has 0 spiro atoms. The second kappa shape index (κ2) is 8.42. The number of aryl methyl sites for hydroxylation is 1. The second-order valence-electron chi connectivity index (χ2n) is 9.87. The Bertz CT molecular complexity index is 1060. The summed E-state index contributed by atoms with van der Waals surface area (Å²) >= 11 is 0. The van der Waals surface area contributed by atoms with E-state index in [4.69, 9.17) is 4.74 Å². The summed E-state index contributed by atoms with van der Waals surface area (Å²) in [6.45, 7) is 12.5. The van der Waals surface area contributed by atoms with Crippen LogP contribution in [0.25, 0.3) is 17.2 Å². The van der Waals surface area contributed by atoms with Crippen LogP contribution in [0.1, 0.15) is 75.3 Å². The fraction of sp³-hybridized carbons (Fsp3) is 0.444. The maximum Gasteiger partial charge on any atom is 0.417 e. The SMILES string of the molecule is CCOC(=O)/C=C/c1ccc(C(F)(F)F)c(-c2cc3c(cc2C)C(C)(C)CCC3(C)C)c1. The van der Waals surface area contributed by atoms with Crippen LogP contribution in [0, 0.1) is 6.92 Å². The van der Waals surface area contributed by atoms with Gasteiger partial charge in [-0.3, -0.25) is 0 Å². The zero-order valence-corrected chi connectivity index (χ0v) is 19.6. The van der Waals surface area contributed by atoms with Crippen LogP contribution in [0.3, 0.4) is 0 Å². The minimum atomic E-state index is -4.49. The molecule has 1 aliphatic carbocycles. The second-order valence-corrected chi connectivity index (χ2v) is 9.87. The molecule has 0 amide bonds. The molecule has 32 heavy (non-hydrogen) atoms. The average molecular weight is 445 g/mol. The third-order valence-corrected chi connectivity index (χ3v) is 6.54. The van der Waals surface area contributed by atoms with Crippen molar-refractivity contribution in [3.8, 4) is 11.1 Å². The molecule has 0 heterocycles. The summed E-state index contributed by atoms with van der Waals surface area (Å²) in [6.07, 6.45) is 0.247. The minimum Gasteiger partial charge on any atom is -0.463 e. The zero-order valence-electron chi connectivity index (χ0n) is 19.6. The van der Waals surface area contributed by atoms with Gasteiger partial charge in [0.15, 0.2) is 0 Å². The zero-order chi connectivity index (χ0) is 23.9. The molecular formula is C27H31F3O2. The lowest BCUT2D eigenvalue weighted by Gasteiger charge is -2.42. The topological polar surface area (TPSA) is 26.3 Å². The molecule has 2 aromatic rings. The van der Waals surface area contributed by atoms with Crippen molar-refractivity contribution in [2.45, 2.75) is 71.4 Å². The van der Waals surface area contributed by atoms with Gasteiger partial charge >= 0.3 is 12.1 Å². The highest BCUT2D eigenvalue weighted by Crippen LogP contribution is 2.48. The lowest BCUT2D eigenvalue weighted by molar-refractivity contribution is -0.138. The Morgan fingerprint density at radius 2 is 1.59 bits per heavy atom. The number of benzene rings is 2. The maximum absolute atomic E-state index is 13.9. The number of hydrogen-bond acceptors (Lipinski definition) is 2. The Morgan fingerprint density at radius 3 is 2.16 bits per heavy atom. The number of rotatable bonds is 4. The molecule has 0 saturated carbocycles. The first kappa shape index (κ1) is 24.1. The summed E-state index contributed by atoms with van der Waals surface area (Å²) in [5.74, 6) is -0.525. The summed E-state index contributed by atoms with van der Waals surface area (Å²) in [6, 6.07) is 7.99. The van der Waals surface area contributed by atoms with Gasteiger partial charge in [-0.1, -0.05) is 45.9 Å². The Kier molecular flexibility index (Phi) is 6.34. The monoisotopic (exact) mass is 444 g/mol. The van der Waals surface area contributed by atoms with E-state index in [0.717, 1.165) is 30.0 Å². The Morgan fingerprint density at radius 1 is 1.00 bits per heavy atom. The van der Waals surface area contributed by atoms with E-state index < -0.39 is 17.7 Å². The van der Waals surface area contributed by atoms with Crippen molar-refractivity contribution in [2.75, 3.05) is 6.61 Å². The highest BCUT2D eigenvalue weighted by Gasteiger charge is 2.39. The van der Waals surface area contributed by atoms with Gasteiger partial charge in [0, 0.05) is 6.08 Å². The van der Waals surface area contributed by atoms with E-state index in [1.54, 1.807) is 6.92 Å². The summed E-state index contributed by atoms with van der Waals surface area (Å²) in [5, 5.41) is 0. The molecule has 2 aromatic carbocycles. The first-order valence-electron chi connectivity index (χ1n) is 11.0. The Hall–Kier alpha value is -2.56. The van der Waals surface area contributed by atoms with Crippen LogP contribution in [0.5, 0.6) is 0 Å². The summed E-state index contributed by atoms with van der Waals surface area (Å²) in [4.78, 5) is 11.7. The van der Waals surface area contributed by atoms with Crippen molar-refractivity contribution in [2.24, 2.45) is 0 Å². The molecule has 0 aromatic heterocycles. The molecular weight excluding hydrogens is 413 g/mol. The third-order valence-electron chi connectivity index (χ3n) is 6.54. The molecule has 0 saturated heterocycles. The van der Waals surface area contributed by atoms with Crippen molar-refractivity contribution >= 4 is 12.0 Å². The lowest BCUT2D eigenvalue weighted by Crippen LogP contribution is -2.34. The van der Waals surface area contributed by atoms with E-state index >= 15 is 0 Å². The van der Waals surface area contributed by atoms with Crippen LogP contribution in [0.15, 0.2) is 36.4 Å². The normalized spacial score (nSPS) is 17.3. The van der Waals surface area contributed by atoms with Gasteiger partial charge in [0.1, 0.15) is 0 Å². The van der Waals surface area contributed by atoms with E-state index in [9.17, 15) is 18.0 Å². The average Bonchev–Trinajstić information content (AvgIpc) is 2.69. The number of carbonyl (C=O) groups is 1. The number of carbonyl (C=O) groups excluding carboxylic acids is 1. The smallest absolute Gasteiger partial charge is 0.417 e. The molecule has 1 aliphatic rings. The molecule has 0 fully saturated rings. The standard InChI is InChI=1S/C27H31F3O2/c1-7-32-24(31)11-9-18-8-10-21(27(28,29)30)20(15-18)19-16-23-22(14-17(19)2)25(3,4)12-13-26(23,5)6/h8-11,14-16H,7,12-13H2,1-6H3/b11-9+. The van der Waals surface area contributed by atoms with Gasteiger partial charge in [-0.15, -0.1) is 0 Å². The molecule has 0 radical (unpaired) electrons. The van der Waals surface area contributed by atoms with Crippen LogP contribution in [0.2, 0.25) is 0 Å². The third kappa shape index (κ3) is 4.77. The van der Waals surface area contributed by atoms with Crippen molar-refractivity contribution in [1.29, 1.82) is 0 Å². The number of fused-ring (bicyclic) bond motifs is 1. The molecule has 0 N–H and O–H groups in total. The highest BCUT2D eigenvalue weighted by molar-refractivity contribution is 5.87. The van der Waals surface area contributed by atoms with Gasteiger partial charge in [-0.05, 0) is 89.1 Å². The van der Waals surface area contributed by atoms with Gasteiger partial charge in [-0.2, -0.15) is 13.2 Å². The molecule has 0 aliphatic heterocycles. The Balaban J connectivity index is 2.22. The van der Waals surface area contributed by atoms with E-state index in [1.165, 1.54) is 29.8 Å². The number of halogens is 3. The molecule has 5 heteroatoms. The van der Waals surface area contributed by atoms with Gasteiger partial charge in [0.2, 0.25) is 0 Å². The van der Waals surface area contributed by atoms with Gasteiger partial charge in [0.25, 0.3) is 0 Å². The quantitative estimate of drug-likeness (QED) is 0.358. The van der Waals surface area contributed by atoms with Crippen LogP contribution in [0.4, 0.5) is 13.2 Å². The van der Waals surface area contributed by atoms with Crippen LogP contribution in [-0.2, 0) is 26.5 Å². The number of alkyl halides is 3. The summed E-state index contributed by atoms with van der Waals surface area (Å²) < 4.78 is 46.7. The molecule has 2 nitrogen and oxygen atoms in total. The Labute approximate surface area is 188 Å². The van der Waals surface area contributed by atoms with Gasteiger partial charge in [-0.25, -0.2) is 4.79 Å². The summed E-state index contributed by atoms with van der Waals surface area (Å²) in [7, 11) is 0. The van der Waals surface area contributed by atoms with Crippen molar-refractivity contribution in [3.63, 3.8) is 0 Å². The van der Waals surface area contributed by atoms with E-state index in [2.05, 4.69) is 33.8 Å². The van der Waals surface area contributed by atoms with Crippen molar-refractivity contribution < 1.29 is 22.7 Å². The fourth-order valence-corrected chi connectivity index (χ4v) is 4.50. The first-order chi connectivity index (χ1) is 14.8. The lowest BCUT2D eigenvalue weighted by atomic mass is 9.62. The van der Waals surface area contributed by atoms with Crippen molar-refractivity contribution in [3.05, 3.63) is 64.2 Å². The predicted octanol–water partition coefficient (Wildman–Crippen LogP) is 7.61. The van der Waals surface area contributed by atoms with Crippen LogP contribution in [-0.4, -0.2) is 12.6 Å². The number of ether oxygens (including phenoxy) is 1. The van der Waals surface area contributed by atoms with Gasteiger partial charge < -0.3 is 4.74 Å². The fourth-order valence-electron chi connectivity index (χ4n) is 4.50. The summed E-state index contributed by atoms with van der Waals surface area (Å²) in [5.41, 5.74) is 3.53. The number of esters is 1. The first-order valence-corrected chi connectivity index (χ1v) is 11.0. The van der Waals surface area contributed by atoms with E-state index in [1.807, 2.05) is 13.0 Å². The molecule has 0 atom stereocenters. The van der Waals surface area contributed by atoms with Gasteiger partial charge in [0.05, 0.1) is 12.2 Å². The van der Waals surface area contributed by atoms with Crippen LogP contribution < -0.4 is 0 Å².